The largest absolute Gasteiger partial charge is 0.300 e. The van der Waals surface area contributed by atoms with E-state index in [1.165, 1.54) is 15.4 Å². The van der Waals surface area contributed by atoms with Crippen molar-refractivity contribution in [3.8, 4) is 0 Å². The summed E-state index contributed by atoms with van der Waals surface area (Å²) in [6.07, 6.45) is 2.23. The van der Waals surface area contributed by atoms with Crippen LogP contribution in [0.15, 0.2) is 18.3 Å². The van der Waals surface area contributed by atoms with E-state index in [0.29, 0.717) is 23.8 Å². The third-order valence-corrected chi connectivity index (χ3v) is 5.39. The molecule has 0 unspecified atom stereocenters. The minimum absolute atomic E-state index is 0.139. The lowest BCUT2D eigenvalue weighted by Gasteiger charge is -2.18. The van der Waals surface area contributed by atoms with Crippen LogP contribution in [0.4, 0.5) is 5.82 Å². The van der Waals surface area contributed by atoms with Crippen LogP contribution in [0, 0.1) is 0 Å². The van der Waals surface area contributed by atoms with Crippen LogP contribution in [0.5, 0.6) is 0 Å². The zero-order valence-electron chi connectivity index (χ0n) is 11.1. The number of amides is 1. The van der Waals surface area contributed by atoms with E-state index in [4.69, 9.17) is 11.6 Å². The maximum atomic E-state index is 12.0. The Labute approximate surface area is 123 Å². The summed E-state index contributed by atoms with van der Waals surface area (Å²) in [5.74, 6) is 0.487. The number of halogens is 1. The molecule has 8 heteroatoms. The molecule has 0 radical (unpaired) electrons. The number of carbonyl (C=O) groups is 1. The van der Waals surface area contributed by atoms with Gasteiger partial charge in [0, 0.05) is 32.8 Å². The lowest BCUT2D eigenvalue weighted by Crippen LogP contribution is -2.33. The Morgan fingerprint density at radius 1 is 1.50 bits per heavy atom. The van der Waals surface area contributed by atoms with Crippen LogP contribution in [-0.4, -0.2) is 49.5 Å². The molecule has 110 valence electrons. The molecule has 2 heterocycles. The average molecular weight is 318 g/mol. The van der Waals surface area contributed by atoms with Gasteiger partial charge >= 0.3 is 0 Å². The van der Waals surface area contributed by atoms with E-state index in [-0.39, 0.29) is 24.6 Å². The lowest BCUT2D eigenvalue weighted by atomic mass is 10.3. The molecule has 1 saturated heterocycles. The van der Waals surface area contributed by atoms with Gasteiger partial charge in [-0.1, -0.05) is 11.6 Å². The maximum absolute atomic E-state index is 12.0. The molecule has 0 atom stereocenters. The predicted molar refractivity (Wildman–Crippen MR) is 77.3 cm³/mol. The van der Waals surface area contributed by atoms with Crippen molar-refractivity contribution in [2.45, 2.75) is 12.8 Å². The van der Waals surface area contributed by atoms with Crippen molar-refractivity contribution in [1.82, 2.24) is 9.29 Å². The average Bonchev–Trinajstić information content (AvgIpc) is 2.75. The number of nitrogens with zero attached hydrogens (tertiary/aromatic N) is 3. The van der Waals surface area contributed by atoms with Gasteiger partial charge in [-0.25, -0.2) is 17.7 Å². The molecule has 1 fully saturated rings. The van der Waals surface area contributed by atoms with Gasteiger partial charge in [0.1, 0.15) is 5.82 Å². The molecule has 0 aliphatic carbocycles. The van der Waals surface area contributed by atoms with Crippen molar-refractivity contribution in [3.05, 3.63) is 23.4 Å². The summed E-state index contributed by atoms with van der Waals surface area (Å²) in [4.78, 5) is 17.5. The zero-order chi connectivity index (χ0) is 14.8. The van der Waals surface area contributed by atoms with E-state index in [2.05, 4.69) is 4.98 Å². The first-order valence-corrected chi connectivity index (χ1v) is 8.25. The predicted octanol–water partition coefficient (Wildman–Crippen LogP) is 1.12. The summed E-state index contributed by atoms with van der Waals surface area (Å²) >= 11 is 5.74. The summed E-state index contributed by atoms with van der Waals surface area (Å²) in [5, 5.41) is 0.498. The van der Waals surface area contributed by atoms with Gasteiger partial charge in [0.15, 0.2) is 0 Å². The van der Waals surface area contributed by atoms with Gasteiger partial charge in [-0.05, 0) is 18.6 Å². The number of rotatable bonds is 4. The van der Waals surface area contributed by atoms with Crippen LogP contribution in [0.25, 0.3) is 0 Å². The standard InChI is InChI=1S/C12H16ClN3O3S/c1-15(11-4-3-10(13)9-14-11)12(17)5-7-16-6-2-8-20(16,18)19/h3-4,9H,2,5-8H2,1H3. The summed E-state index contributed by atoms with van der Waals surface area (Å²) in [6, 6.07) is 3.30. The number of carbonyl (C=O) groups excluding carboxylic acids is 1. The highest BCUT2D eigenvalue weighted by Crippen LogP contribution is 2.16. The highest BCUT2D eigenvalue weighted by Gasteiger charge is 2.28. The number of hydrogen-bond donors (Lipinski definition) is 0. The molecular weight excluding hydrogens is 302 g/mol. The SMILES string of the molecule is CN(C(=O)CCN1CCCS1(=O)=O)c1ccc(Cl)cn1. The van der Waals surface area contributed by atoms with Crippen molar-refractivity contribution < 1.29 is 13.2 Å². The molecule has 20 heavy (non-hydrogen) atoms. The molecule has 1 aliphatic rings. The van der Waals surface area contributed by atoms with Crippen LogP contribution < -0.4 is 4.90 Å². The number of sulfonamides is 1. The quantitative estimate of drug-likeness (QED) is 0.834. The molecule has 0 aromatic carbocycles. The fourth-order valence-corrected chi connectivity index (χ4v) is 3.67. The van der Waals surface area contributed by atoms with Gasteiger partial charge in [0.05, 0.1) is 10.8 Å². The summed E-state index contributed by atoms with van der Waals surface area (Å²) < 4.78 is 24.6. The normalized spacial score (nSPS) is 18.1. The number of anilines is 1. The van der Waals surface area contributed by atoms with Crippen molar-refractivity contribution in [3.63, 3.8) is 0 Å². The summed E-state index contributed by atoms with van der Waals surface area (Å²) in [6.45, 7) is 0.720. The van der Waals surface area contributed by atoms with Gasteiger partial charge in [-0.15, -0.1) is 0 Å². The van der Waals surface area contributed by atoms with Crippen LogP contribution in [-0.2, 0) is 14.8 Å². The Morgan fingerprint density at radius 2 is 2.25 bits per heavy atom. The first-order valence-electron chi connectivity index (χ1n) is 6.26. The van der Waals surface area contributed by atoms with Gasteiger partial charge in [0.2, 0.25) is 15.9 Å². The third kappa shape index (κ3) is 3.47. The molecule has 0 spiro atoms. The molecule has 2 rings (SSSR count). The molecular formula is C12H16ClN3O3S. The maximum Gasteiger partial charge on any atom is 0.229 e. The number of pyridine rings is 1. The monoisotopic (exact) mass is 317 g/mol. The van der Waals surface area contributed by atoms with Crippen LogP contribution in [0.2, 0.25) is 5.02 Å². The van der Waals surface area contributed by atoms with Crippen molar-refractivity contribution in [1.29, 1.82) is 0 Å². The van der Waals surface area contributed by atoms with Crippen molar-refractivity contribution >= 4 is 33.3 Å². The number of aromatic nitrogens is 1. The lowest BCUT2D eigenvalue weighted by molar-refractivity contribution is -0.118. The number of hydrogen-bond acceptors (Lipinski definition) is 4. The van der Waals surface area contributed by atoms with Crippen LogP contribution in [0.3, 0.4) is 0 Å². The third-order valence-electron chi connectivity index (χ3n) is 3.21. The molecule has 0 saturated carbocycles. The van der Waals surface area contributed by atoms with Crippen LogP contribution >= 0.6 is 11.6 Å². The van der Waals surface area contributed by atoms with Gasteiger partial charge < -0.3 is 0 Å². The van der Waals surface area contributed by atoms with Crippen LogP contribution in [0.1, 0.15) is 12.8 Å². The molecule has 1 aromatic rings. The highest BCUT2D eigenvalue weighted by molar-refractivity contribution is 7.89. The van der Waals surface area contributed by atoms with Gasteiger partial charge in [-0.3, -0.25) is 9.69 Å². The molecule has 6 nitrogen and oxygen atoms in total. The Bertz CT molecular complexity index is 588. The Balaban J connectivity index is 1.93. The zero-order valence-corrected chi connectivity index (χ0v) is 12.7. The minimum Gasteiger partial charge on any atom is -0.300 e. The minimum atomic E-state index is -3.15. The first-order chi connectivity index (χ1) is 9.40. The van der Waals surface area contributed by atoms with E-state index < -0.39 is 10.0 Å². The fourth-order valence-electron chi connectivity index (χ4n) is 2.02. The summed E-state index contributed by atoms with van der Waals surface area (Å²) in [5.41, 5.74) is 0. The van der Waals surface area contributed by atoms with E-state index in [1.807, 2.05) is 0 Å². The van der Waals surface area contributed by atoms with E-state index >= 15 is 0 Å². The molecule has 0 N–H and O–H groups in total. The Kier molecular flexibility index (Phi) is 4.62. The highest BCUT2D eigenvalue weighted by atomic mass is 35.5. The Hall–Kier alpha value is -1.18. The van der Waals surface area contributed by atoms with Crippen molar-refractivity contribution in [2.75, 3.05) is 30.8 Å². The molecule has 1 aromatic heterocycles. The second-order valence-electron chi connectivity index (χ2n) is 4.61. The first kappa shape index (κ1) is 15.2. The molecule has 1 aliphatic heterocycles. The van der Waals surface area contributed by atoms with E-state index in [9.17, 15) is 13.2 Å². The summed E-state index contributed by atoms with van der Waals surface area (Å²) in [7, 11) is -1.54. The second-order valence-corrected chi connectivity index (χ2v) is 7.13. The van der Waals surface area contributed by atoms with Gasteiger partial charge in [-0.2, -0.15) is 0 Å². The van der Waals surface area contributed by atoms with Gasteiger partial charge in [0.25, 0.3) is 0 Å². The topological polar surface area (TPSA) is 70.6 Å². The molecule has 1 amide bonds. The fraction of sp³-hybridized carbons (Fsp3) is 0.500. The smallest absolute Gasteiger partial charge is 0.229 e. The van der Waals surface area contributed by atoms with Crippen molar-refractivity contribution in [2.24, 2.45) is 0 Å². The second kappa shape index (κ2) is 6.07. The van der Waals surface area contributed by atoms with E-state index in [1.54, 1.807) is 19.2 Å². The van der Waals surface area contributed by atoms with E-state index in [0.717, 1.165) is 0 Å². The Morgan fingerprint density at radius 3 is 2.80 bits per heavy atom. The molecule has 0 bridgehead atoms.